The molecule has 0 aromatic heterocycles. The van der Waals surface area contributed by atoms with Crippen LogP contribution in [0.1, 0.15) is 36.0 Å². The molecule has 1 aromatic carbocycles. The molecule has 0 aliphatic carbocycles. The highest BCUT2D eigenvalue weighted by Gasteiger charge is 2.39. The first kappa shape index (κ1) is 25.1. The molecule has 8 heteroatoms. The van der Waals surface area contributed by atoms with Gasteiger partial charge < -0.3 is 18.1 Å². The standard InChI is InChI=1S/C20H38O5Si3/c1-26(2,3)24-28(7,25-27(4,5)6)17-11-9-8-10-16-23-19-14-12-18(13-15-19)20(21)22/h12-15H,8-11,16-17H2,1-7H3,(H,21,22). The zero-order valence-electron chi connectivity index (χ0n) is 18.6. The molecular formula is C20H38O5Si3. The van der Waals surface area contributed by atoms with Crippen molar-refractivity contribution in [3.05, 3.63) is 29.8 Å². The van der Waals surface area contributed by atoms with Gasteiger partial charge in [0.15, 0.2) is 16.6 Å². The summed E-state index contributed by atoms with van der Waals surface area (Å²) in [5, 5.41) is 8.90. The van der Waals surface area contributed by atoms with E-state index in [4.69, 9.17) is 18.1 Å². The average molecular weight is 443 g/mol. The number of aromatic carboxylic acids is 1. The smallest absolute Gasteiger partial charge is 0.335 e. The Morgan fingerprint density at radius 1 is 0.821 bits per heavy atom. The number of hydrogen-bond donors (Lipinski definition) is 1. The number of ether oxygens (including phenoxy) is 1. The van der Waals surface area contributed by atoms with Crippen LogP contribution < -0.4 is 4.74 Å². The van der Waals surface area contributed by atoms with Crippen molar-refractivity contribution in [2.24, 2.45) is 0 Å². The normalized spacial score (nSPS) is 12.8. The molecule has 0 aliphatic heterocycles. The summed E-state index contributed by atoms with van der Waals surface area (Å²) in [6.45, 7) is 16.3. The van der Waals surface area contributed by atoms with Gasteiger partial charge in [-0.05, 0) is 82.6 Å². The Bertz CT molecular complexity index is 590. The summed E-state index contributed by atoms with van der Waals surface area (Å²) in [5.41, 5.74) is 0.278. The van der Waals surface area contributed by atoms with Crippen LogP contribution in [0.15, 0.2) is 24.3 Å². The van der Waals surface area contributed by atoms with E-state index >= 15 is 0 Å². The molecular weight excluding hydrogens is 404 g/mol. The van der Waals surface area contributed by atoms with E-state index in [1.54, 1.807) is 24.3 Å². The quantitative estimate of drug-likeness (QED) is 0.295. The first-order chi connectivity index (χ1) is 12.8. The zero-order valence-corrected chi connectivity index (χ0v) is 21.6. The van der Waals surface area contributed by atoms with Crippen LogP contribution in [0.5, 0.6) is 5.75 Å². The van der Waals surface area contributed by atoms with Crippen LogP contribution in [0.25, 0.3) is 0 Å². The summed E-state index contributed by atoms with van der Waals surface area (Å²) in [7, 11) is -5.35. The fourth-order valence-corrected chi connectivity index (χ4v) is 15.8. The van der Waals surface area contributed by atoms with E-state index in [0.717, 1.165) is 37.5 Å². The number of carbonyl (C=O) groups is 1. The Morgan fingerprint density at radius 2 is 1.32 bits per heavy atom. The monoisotopic (exact) mass is 442 g/mol. The molecule has 1 rings (SSSR count). The van der Waals surface area contributed by atoms with Gasteiger partial charge in [-0.1, -0.05) is 19.3 Å². The maximum Gasteiger partial charge on any atom is 0.335 e. The molecule has 0 amide bonds. The van der Waals surface area contributed by atoms with E-state index in [0.29, 0.717) is 6.61 Å². The molecule has 0 spiro atoms. The second-order valence-corrected chi connectivity index (χ2v) is 22.3. The van der Waals surface area contributed by atoms with Crippen molar-refractivity contribution >= 4 is 31.2 Å². The Labute approximate surface area is 173 Å². The van der Waals surface area contributed by atoms with Crippen LogP contribution in [0.4, 0.5) is 0 Å². The van der Waals surface area contributed by atoms with Gasteiger partial charge in [-0.2, -0.15) is 0 Å². The third-order valence-corrected chi connectivity index (χ3v) is 13.6. The topological polar surface area (TPSA) is 65.0 Å². The predicted molar refractivity (Wildman–Crippen MR) is 123 cm³/mol. The molecule has 1 aromatic rings. The maximum atomic E-state index is 10.8. The lowest BCUT2D eigenvalue weighted by molar-refractivity contribution is 0.0697. The van der Waals surface area contributed by atoms with Crippen molar-refractivity contribution in [3.63, 3.8) is 0 Å². The molecule has 5 nitrogen and oxygen atoms in total. The van der Waals surface area contributed by atoms with Gasteiger partial charge in [0.2, 0.25) is 0 Å². The number of hydrogen-bond acceptors (Lipinski definition) is 4. The first-order valence-corrected chi connectivity index (χ1v) is 19.5. The summed E-state index contributed by atoms with van der Waals surface area (Å²) in [6.07, 6.45) is 4.37. The highest BCUT2D eigenvalue weighted by molar-refractivity contribution is 6.87. The molecule has 1 N–H and O–H groups in total. The highest BCUT2D eigenvalue weighted by atomic mass is 28.5. The molecule has 0 radical (unpaired) electrons. The van der Waals surface area contributed by atoms with Crippen molar-refractivity contribution in [1.29, 1.82) is 0 Å². The lowest BCUT2D eigenvalue weighted by Gasteiger charge is -2.38. The van der Waals surface area contributed by atoms with E-state index in [-0.39, 0.29) is 5.56 Å². The van der Waals surface area contributed by atoms with Crippen LogP contribution >= 0.6 is 0 Å². The van der Waals surface area contributed by atoms with Gasteiger partial charge >= 0.3 is 14.5 Å². The Kier molecular flexibility index (Phi) is 9.62. The van der Waals surface area contributed by atoms with Gasteiger partial charge in [0, 0.05) is 0 Å². The third-order valence-electron chi connectivity index (χ3n) is 3.94. The van der Waals surface area contributed by atoms with Gasteiger partial charge in [-0.25, -0.2) is 4.79 Å². The lowest BCUT2D eigenvalue weighted by Crippen LogP contribution is -2.52. The Hall–Kier alpha value is -0.939. The van der Waals surface area contributed by atoms with E-state index in [9.17, 15) is 4.79 Å². The summed E-state index contributed by atoms with van der Waals surface area (Å²) >= 11 is 0. The van der Waals surface area contributed by atoms with Crippen molar-refractivity contribution in [2.45, 2.75) is 77.6 Å². The Morgan fingerprint density at radius 3 is 1.79 bits per heavy atom. The van der Waals surface area contributed by atoms with Gasteiger partial charge in [0.1, 0.15) is 5.75 Å². The third kappa shape index (κ3) is 11.2. The molecule has 160 valence electrons. The molecule has 0 unspecified atom stereocenters. The van der Waals surface area contributed by atoms with Crippen LogP contribution in [-0.2, 0) is 8.23 Å². The van der Waals surface area contributed by atoms with Gasteiger partial charge in [-0.3, -0.25) is 0 Å². The molecule has 0 saturated heterocycles. The number of unbranched alkanes of at least 4 members (excludes halogenated alkanes) is 3. The molecule has 28 heavy (non-hydrogen) atoms. The van der Waals surface area contributed by atoms with Gasteiger partial charge in [-0.15, -0.1) is 0 Å². The number of carboxylic acids is 1. The predicted octanol–water partition coefficient (Wildman–Crippen LogP) is 6.10. The largest absolute Gasteiger partial charge is 0.494 e. The van der Waals surface area contributed by atoms with Crippen molar-refractivity contribution in [1.82, 2.24) is 0 Å². The van der Waals surface area contributed by atoms with Crippen molar-refractivity contribution in [3.8, 4) is 5.75 Å². The van der Waals surface area contributed by atoms with E-state index in [1.165, 1.54) is 0 Å². The Balaban J connectivity index is 2.32. The molecule has 0 heterocycles. The molecule has 0 saturated carbocycles. The minimum atomic E-state index is -2.11. The van der Waals surface area contributed by atoms with Gasteiger partial charge in [0.05, 0.1) is 12.2 Å². The second-order valence-electron chi connectivity index (χ2n) is 9.40. The summed E-state index contributed by atoms with van der Waals surface area (Å²) in [6, 6.07) is 7.61. The average Bonchev–Trinajstić information content (AvgIpc) is 2.50. The summed E-state index contributed by atoms with van der Waals surface area (Å²) < 4.78 is 18.8. The van der Waals surface area contributed by atoms with E-state index in [1.807, 2.05) is 0 Å². The lowest BCUT2D eigenvalue weighted by atomic mass is 10.2. The maximum absolute atomic E-state index is 10.8. The summed E-state index contributed by atoms with van der Waals surface area (Å²) in [4.78, 5) is 10.8. The van der Waals surface area contributed by atoms with Crippen LogP contribution in [0, 0.1) is 0 Å². The minimum Gasteiger partial charge on any atom is -0.494 e. The fraction of sp³-hybridized carbons (Fsp3) is 0.650. The number of benzene rings is 1. The number of rotatable bonds is 13. The van der Waals surface area contributed by atoms with Crippen molar-refractivity contribution in [2.75, 3.05) is 6.61 Å². The fourth-order valence-electron chi connectivity index (χ4n) is 3.20. The molecule has 0 bridgehead atoms. The SMILES string of the molecule is C[Si](C)(C)O[Si](C)(CCCCCCOc1ccc(C(=O)O)cc1)O[Si](C)(C)C. The van der Waals surface area contributed by atoms with E-state index in [2.05, 4.69) is 45.8 Å². The molecule has 0 atom stereocenters. The first-order valence-electron chi connectivity index (χ1n) is 10.2. The molecule has 0 aliphatic rings. The van der Waals surface area contributed by atoms with Crippen LogP contribution in [-0.4, -0.2) is 42.9 Å². The van der Waals surface area contributed by atoms with Crippen molar-refractivity contribution < 1.29 is 22.9 Å². The zero-order chi connectivity index (χ0) is 21.4. The number of carboxylic acid groups (broad SMARTS) is 1. The van der Waals surface area contributed by atoms with Crippen LogP contribution in [0.3, 0.4) is 0 Å². The molecule has 0 fully saturated rings. The minimum absolute atomic E-state index is 0.278. The van der Waals surface area contributed by atoms with E-state index < -0.39 is 31.2 Å². The second kappa shape index (κ2) is 10.7. The highest BCUT2D eigenvalue weighted by Crippen LogP contribution is 2.26. The summed E-state index contributed by atoms with van der Waals surface area (Å²) in [5.74, 6) is -0.199. The van der Waals surface area contributed by atoms with Crippen LogP contribution in [0.2, 0.25) is 51.9 Å². The van der Waals surface area contributed by atoms with Gasteiger partial charge in [0.25, 0.3) is 0 Å².